The summed E-state index contributed by atoms with van der Waals surface area (Å²) in [6, 6.07) is 10.6. The quantitative estimate of drug-likeness (QED) is 0.573. The number of ether oxygens (including phenoxy) is 1. The molecular weight excluding hydrogens is 392 g/mol. The summed E-state index contributed by atoms with van der Waals surface area (Å²) in [6.45, 7) is 2.21. The molecule has 10 heteroatoms. The fraction of sp³-hybridized carbons (Fsp3) is 0.211. The highest BCUT2D eigenvalue weighted by molar-refractivity contribution is 7.99. The van der Waals surface area contributed by atoms with E-state index in [-0.39, 0.29) is 5.75 Å². The molecule has 3 amide bonds. The Balaban J connectivity index is 1.88. The fourth-order valence-corrected chi connectivity index (χ4v) is 3.26. The lowest BCUT2D eigenvalue weighted by molar-refractivity contribution is -0.117. The van der Waals surface area contributed by atoms with Gasteiger partial charge in [-0.05, 0) is 43.3 Å². The van der Waals surface area contributed by atoms with E-state index >= 15 is 0 Å². The summed E-state index contributed by atoms with van der Waals surface area (Å²) < 4.78 is 7.07. The number of carbonyl (C=O) groups is 2. The standard InChI is InChI=1S/C19H20N6O3S/c1-3-21-18(27)22-16(26)12-29-19-24-23-17(13-8-10-20-11-9-13)25(19)14-4-6-15(28-2)7-5-14/h4-11H,3,12H2,1-2H3,(H2,21,22,26,27). The SMILES string of the molecule is CCNC(=O)NC(=O)CSc1nnc(-c2ccncc2)n1-c1ccc(OC)cc1. The Hall–Kier alpha value is -3.40. The van der Waals surface area contributed by atoms with Crippen molar-refractivity contribution in [1.82, 2.24) is 30.4 Å². The van der Waals surface area contributed by atoms with Gasteiger partial charge in [0, 0.05) is 30.2 Å². The van der Waals surface area contributed by atoms with Gasteiger partial charge in [0.15, 0.2) is 11.0 Å². The molecule has 2 aromatic heterocycles. The molecule has 0 aliphatic carbocycles. The average Bonchev–Trinajstić information content (AvgIpc) is 3.17. The number of amides is 3. The van der Waals surface area contributed by atoms with E-state index in [2.05, 4.69) is 25.8 Å². The van der Waals surface area contributed by atoms with Crippen molar-refractivity contribution >= 4 is 23.7 Å². The molecule has 3 aromatic rings. The normalized spacial score (nSPS) is 10.4. The van der Waals surface area contributed by atoms with Crippen molar-refractivity contribution < 1.29 is 14.3 Å². The summed E-state index contributed by atoms with van der Waals surface area (Å²) in [5, 5.41) is 13.8. The maximum Gasteiger partial charge on any atom is 0.321 e. The van der Waals surface area contributed by atoms with Crippen molar-refractivity contribution in [3.8, 4) is 22.8 Å². The van der Waals surface area contributed by atoms with Crippen LogP contribution in [0.25, 0.3) is 17.1 Å². The van der Waals surface area contributed by atoms with Crippen molar-refractivity contribution in [3.05, 3.63) is 48.8 Å². The summed E-state index contributed by atoms with van der Waals surface area (Å²) >= 11 is 1.19. The molecule has 0 saturated carbocycles. The highest BCUT2D eigenvalue weighted by Crippen LogP contribution is 2.28. The van der Waals surface area contributed by atoms with E-state index in [0.717, 1.165) is 17.0 Å². The van der Waals surface area contributed by atoms with Crippen molar-refractivity contribution in [3.63, 3.8) is 0 Å². The first-order chi connectivity index (χ1) is 14.1. The average molecular weight is 412 g/mol. The Labute approximate surface area is 171 Å². The summed E-state index contributed by atoms with van der Waals surface area (Å²) in [6.07, 6.45) is 3.35. The molecule has 0 unspecified atom stereocenters. The number of hydrogen-bond donors (Lipinski definition) is 2. The number of rotatable bonds is 7. The molecule has 0 saturated heterocycles. The predicted molar refractivity (Wildman–Crippen MR) is 109 cm³/mol. The van der Waals surface area contributed by atoms with Gasteiger partial charge in [0.05, 0.1) is 12.9 Å². The van der Waals surface area contributed by atoms with E-state index in [9.17, 15) is 9.59 Å². The van der Waals surface area contributed by atoms with Crippen molar-refractivity contribution in [2.24, 2.45) is 0 Å². The van der Waals surface area contributed by atoms with E-state index < -0.39 is 11.9 Å². The van der Waals surface area contributed by atoms with Crippen molar-refractivity contribution in [1.29, 1.82) is 0 Å². The van der Waals surface area contributed by atoms with Crippen molar-refractivity contribution in [2.45, 2.75) is 12.1 Å². The molecule has 0 bridgehead atoms. The van der Waals surface area contributed by atoms with Gasteiger partial charge in [-0.2, -0.15) is 0 Å². The molecule has 0 spiro atoms. The number of carbonyl (C=O) groups excluding carboxylic acids is 2. The third-order valence-corrected chi connectivity index (χ3v) is 4.75. The molecule has 9 nitrogen and oxygen atoms in total. The largest absolute Gasteiger partial charge is 0.497 e. The van der Waals surface area contributed by atoms with Gasteiger partial charge in [0.2, 0.25) is 5.91 Å². The van der Waals surface area contributed by atoms with Gasteiger partial charge < -0.3 is 10.1 Å². The Bertz CT molecular complexity index is 975. The van der Waals surface area contributed by atoms with Gasteiger partial charge >= 0.3 is 6.03 Å². The molecule has 0 radical (unpaired) electrons. The van der Waals surface area contributed by atoms with Gasteiger partial charge in [-0.3, -0.25) is 19.7 Å². The van der Waals surface area contributed by atoms with Crippen LogP contribution in [0.3, 0.4) is 0 Å². The first-order valence-corrected chi connectivity index (χ1v) is 9.81. The second-order valence-corrected chi connectivity index (χ2v) is 6.71. The summed E-state index contributed by atoms with van der Waals surface area (Å²) in [5.41, 5.74) is 1.65. The first-order valence-electron chi connectivity index (χ1n) is 8.83. The zero-order valence-corrected chi connectivity index (χ0v) is 16.8. The Morgan fingerprint density at radius 2 is 1.83 bits per heavy atom. The van der Waals surface area contributed by atoms with Crippen molar-refractivity contribution in [2.75, 3.05) is 19.4 Å². The molecule has 29 heavy (non-hydrogen) atoms. The molecule has 2 N–H and O–H groups in total. The number of nitrogens with zero attached hydrogens (tertiary/aromatic N) is 4. The fourth-order valence-electron chi connectivity index (χ4n) is 2.51. The number of aromatic nitrogens is 4. The van der Waals surface area contributed by atoms with E-state index in [4.69, 9.17) is 4.74 Å². The van der Waals surface area contributed by atoms with Crippen LogP contribution >= 0.6 is 11.8 Å². The monoisotopic (exact) mass is 412 g/mol. The molecule has 1 aromatic carbocycles. The number of urea groups is 1. The summed E-state index contributed by atoms with van der Waals surface area (Å²) in [7, 11) is 1.60. The lowest BCUT2D eigenvalue weighted by Crippen LogP contribution is -2.40. The van der Waals surface area contributed by atoms with Crippen LogP contribution in [0, 0.1) is 0 Å². The molecule has 0 fully saturated rings. The Morgan fingerprint density at radius 1 is 1.10 bits per heavy atom. The number of thioether (sulfide) groups is 1. The molecule has 3 rings (SSSR count). The minimum absolute atomic E-state index is 0.0156. The third-order valence-electron chi connectivity index (χ3n) is 3.83. The molecule has 2 heterocycles. The third kappa shape index (κ3) is 5.11. The van der Waals surface area contributed by atoms with Crippen LogP contribution in [-0.2, 0) is 4.79 Å². The van der Waals surface area contributed by atoms with Crippen LogP contribution in [0.2, 0.25) is 0 Å². The van der Waals surface area contributed by atoms with Crippen LogP contribution in [0.15, 0.2) is 53.9 Å². The van der Waals surface area contributed by atoms with Crippen LogP contribution in [0.1, 0.15) is 6.92 Å². The van der Waals surface area contributed by atoms with E-state index in [1.165, 1.54) is 11.8 Å². The number of benzene rings is 1. The lowest BCUT2D eigenvalue weighted by Gasteiger charge is -2.11. The van der Waals surface area contributed by atoms with Gasteiger partial charge in [0.1, 0.15) is 5.75 Å². The molecule has 150 valence electrons. The number of hydrogen-bond acceptors (Lipinski definition) is 7. The highest BCUT2D eigenvalue weighted by atomic mass is 32.2. The predicted octanol–water partition coefficient (Wildman–Crippen LogP) is 2.28. The van der Waals surface area contributed by atoms with Gasteiger partial charge in [0.25, 0.3) is 0 Å². The maximum absolute atomic E-state index is 12.0. The first kappa shape index (κ1) is 20.3. The number of pyridine rings is 1. The van der Waals surface area contributed by atoms with E-state index in [1.54, 1.807) is 26.4 Å². The zero-order chi connectivity index (χ0) is 20.6. The second kappa shape index (κ2) is 9.69. The Kier molecular flexibility index (Phi) is 6.80. The van der Waals surface area contributed by atoms with E-state index in [0.29, 0.717) is 17.5 Å². The Morgan fingerprint density at radius 3 is 2.48 bits per heavy atom. The van der Waals surface area contributed by atoms with Crippen LogP contribution in [-0.4, -0.2) is 51.1 Å². The van der Waals surface area contributed by atoms with E-state index in [1.807, 2.05) is 41.0 Å². The number of imide groups is 1. The minimum atomic E-state index is -0.521. The summed E-state index contributed by atoms with van der Waals surface area (Å²) in [4.78, 5) is 27.6. The molecule has 0 aliphatic heterocycles. The van der Waals surface area contributed by atoms with Crippen LogP contribution < -0.4 is 15.4 Å². The zero-order valence-electron chi connectivity index (χ0n) is 16.0. The summed E-state index contributed by atoms with van der Waals surface area (Å²) in [5.74, 6) is 0.935. The lowest BCUT2D eigenvalue weighted by atomic mass is 10.2. The number of methoxy groups -OCH3 is 1. The van der Waals surface area contributed by atoms with Gasteiger partial charge in [-0.15, -0.1) is 10.2 Å². The second-order valence-electron chi connectivity index (χ2n) is 5.77. The van der Waals surface area contributed by atoms with Gasteiger partial charge in [-0.25, -0.2) is 4.79 Å². The molecule has 0 atom stereocenters. The van der Waals surface area contributed by atoms with Crippen LogP contribution in [0.4, 0.5) is 4.79 Å². The molecular formula is C19H20N6O3S. The molecule has 0 aliphatic rings. The van der Waals surface area contributed by atoms with Gasteiger partial charge in [-0.1, -0.05) is 11.8 Å². The topological polar surface area (TPSA) is 111 Å². The minimum Gasteiger partial charge on any atom is -0.497 e. The smallest absolute Gasteiger partial charge is 0.321 e. The number of nitrogens with one attached hydrogen (secondary N) is 2. The maximum atomic E-state index is 12.0. The highest BCUT2D eigenvalue weighted by Gasteiger charge is 2.18. The van der Waals surface area contributed by atoms with Crippen LogP contribution in [0.5, 0.6) is 5.75 Å².